The van der Waals surface area contributed by atoms with Gasteiger partial charge in [0.1, 0.15) is 0 Å². The lowest BCUT2D eigenvalue weighted by atomic mass is 9.85. The summed E-state index contributed by atoms with van der Waals surface area (Å²) in [6.07, 6.45) is 4.71. The highest BCUT2D eigenvalue weighted by Crippen LogP contribution is 2.24. The molecule has 23 heavy (non-hydrogen) atoms. The van der Waals surface area contributed by atoms with E-state index in [-0.39, 0.29) is 36.2 Å². The Morgan fingerprint density at radius 2 is 1.96 bits per heavy atom. The van der Waals surface area contributed by atoms with Gasteiger partial charge in [0.05, 0.1) is 7.11 Å². The average Bonchev–Trinajstić information content (AvgIpc) is 2.53. The van der Waals surface area contributed by atoms with Crippen molar-refractivity contribution in [2.75, 3.05) is 12.4 Å². The van der Waals surface area contributed by atoms with Gasteiger partial charge in [0.2, 0.25) is 5.91 Å². The van der Waals surface area contributed by atoms with Crippen LogP contribution in [0.2, 0.25) is 0 Å². The molecule has 5 nitrogen and oxygen atoms in total. The van der Waals surface area contributed by atoms with E-state index < -0.39 is 0 Å². The SMILES string of the molecule is COC(=O)CCc1ccc(NC(=O)C2CCCC(N)C2)cc1.Cl. The minimum Gasteiger partial charge on any atom is -0.469 e. The zero-order valence-electron chi connectivity index (χ0n) is 13.4. The Labute approximate surface area is 143 Å². The molecule has 0 saturated heterocycles. The molecule has 0 spiro atoms. The van der Waals surface area contributed by atoms with Gasteiger partial charge in [-0.2, -0.15) is 0 Å². The summed E-state index contributed by atoms with van der Waals surface area (Å²) in [5, 5.41) is 2.95. The molecule has 2 unspecified atom stereocenters. The monoisotopic (exact) mass is 340 g/mol. The fourth-order valence-electron chi connectivity index (χ4n) is 2.81. The molecule has 1 saturated carbocycles. The van der Waals surface area contributed by atoms with E-state index in [0.717, 1.165) is 36.9 Å². The van der Waals surface area contributed by atoms with E-state index in [1.165, 1.54) is 7.11 Å². The third kappa shape index (κ3) is 6.20. The summed E-state index contributed by atoms with van der Waals surface area (Å²) in [5.41, 5.74) is 7.76. The minimum atomic E-state index is -0.217. The number of esters is 1. The summed E-state index contributed by atoms with van der Waals surface area (Å²) >= 11 is 0. The standard InChI is InChI=1S/C17H24N2O3.ClH/c1-22-16(20)10-7-12-5-8-15(9-6-12)19-17(21)13-3-2-4-14(18)11-13;/h5-6,8-9,13-14H,2-4,7,10-11,18H2,1H3,(H,19,21);1H. The molecular weight excluding hydrogens is 316 g/mol. The summed E-state index contributed by atoms with van der Waals surface area (Å²) in [4.78, 5) is 23.3. The zero-order chi connectivity index (χ0) is 15.9. The number of methoxy groups -OCH3 is 1. The number of halogens is 1. The Morgan fingerprint density at radius 1 is 1.26 bits per heavy atom. The van der Waals surface area contributed by atoms with E-state index in [0.29, 0.717) is 12.8 Å². The Kier molecular flexibility index (Phi) is 8.06. The second-order valence-corrected chi connectivity index (χ2v) is 5.89. The van der Waals surface area contributed by atoms with Crippen LogP contribution in [0.4, 0.5) is 5.69 Å². The Bertz CT molecular complexity index is 519. The van der Waals surface area contributed by atoms with Gasteiger partial charge >= 0.3 is 5.97 Å². The van der Waals surface area contributed by atoms with Crippen LogP contribution < -0.4 is 11.1 Å². The first-order valence-electron chi connectivity index (χ1n) is 7.80. The first-order chi connectivity index (χ1) is 10.6. The molecule has 1 aromatic carbocycles. The first-order valence-corrected chi connectivity index (χ1v) is 7.80. The highest BCUT2D eigenvalue weighted by molar-refractivity contribution is 5.92. The van der Waals surface area contributed by atoms with Crippen LogP contribution in [-0.2, 0) is 20.7 Å². The lowest BCUT2D eigenvalue weighted by molar-refractivity contribution is -0.140. The van der Waals surface area contributed by atoms with Gasteiger partial charge < -0.3 is 15.8 Å². The number of carbonyl (C=O) groups is 2. The predicted molar refractivity (Wildman–Crippen MR) is 92.6 cm³/mol. The maximum Gasteiger partial charge on any atom is 0.305 e. The third-order valence-corrected chi connectivity index (χ3v) is 4.15. The molecule has 128 valence electrons. The lowest BCUT2D eigenvalue weighted by Gasteiger charge is -2.25. The van der Waals surface area contributed by atoms with Crippen LogP contribution in [0.15, 0.2) is 24.3 Å². The second-order valence-electron chi connectivity index (χ2n) is 5.89. The summed E-state index contributed by atoms with van der Waals surface area (Å²) < 4.78 is 4.62. The Hall–Kier alpha value is -1.59. The van der Waals surface area contributed by atoms with Crippen LogP contribution in [0, 0.1) is 5.92 Å². The topological polar surface area (TPSA) is 81.4 Å². The van der Waals surface area contributed by atoms with Crippen molar-refractivity contribution >= 4 is 30.0 Å². The summed E-state index contributed by atoms with van der Waals surface area (Å²) in [5.74, 6) is -0.147. The number of benzene rings is 1. The molecule has 3 N–H and O–H groups in total. The molecule has 6 heteroatoms. The summed E-state index contributed by atoms with van der Waals surface area (Å²) in [6.45, 7) is 0. The third-order valence-electron chi connectivity index (χ3n) is 4.15. The fourth-order valence-corrected chi connectivity index (χ4v) is 2.81. The van der Waals surface area contributed by atoms with Crippen LogP contribution in [0.25, 0.3) is 0 Å². The first kappa shape index (κ1) is 19.5. The van der Waals surface area contributed by atoms with Crippen molar-refractivity contribution in [3.05, 3.63) is 29.8 Å². The van der Waals surface area contributed by atoms with Crippen molar-refractivity contribution in [1.82, 2.24) is 0 Å². The molecule has 0 bridgehead atoms. The molecule has 2 rings (SSSR count). The second kappa shape index (κ2) is 9.53. The van der Waals surface area contributed by atoms with Gasteiger partial charge in [-0.3, -0.25) is 9.59 Å². The van der Waals surface area contributed by atoms with Gasteiger partial charge in [-0.25, -0.2) is 0 Å². The van der Waals surface area contributed by atoms with Crippen LogP contribution in [0.3, 0.4) is 0 Å². The number of hydrogen-bond donors (Lipinski definition) is 2. The summed E-state index contributed by atoms with van der Waals surface area (Å²) in [7, 11) is 1.39. The number of nitrogens with two attached hydrogens (primary N) is 1. The van der Waals surface area contributed by atoms with E-state index in [4.69, 9.17) is 5.73 Å². The maximum absolute atomic E-state index is 12.2. The lowest BCUT2D eigenvalue weighted by Crippen LogP contribution is -2.34. The number of carbonyl (C=O) groups excluding carboxylic acids is 2. The van der Waals surface area contributed by atoms with Crippen LogP contribution >= 0.6 is 12.4 Å². The van der Waals surface area contributed by atoms with E-state index in [2.05, 4.69) is 10.1 Å². The molecule has 1 aromatic rings. The zero-order valence-corrected chi connectivity index (χ0v) is 14.2. The number of aryl methyl sites for hydroxylation is 1. The van der Waals surface area contributed by atoms with Crippen molar-refractivity contribution in [2.24, 2.45) is 11.7 Å². The molecule has 0 heterocycles. The number of hydrogen-bond acceptors (Lipinski definition) is 4. The number of amides is 1. The van der Waals surface area contributed by atoms with Gasteiger partial charge in [-0.05, 0) is 43.4 Å². The predicted octanol–water partition coefficient (Wildman–Crippen LogP) is 2.67. The van der Waals surface area contributed by atoms with Crippen molar-refractivity contribution in [3.8, 4) is 0 Å². The van der Waals surface area contributed by atoms with Crippen molar-refractivity contribution in [2.45, 2.75) is 44.6 Å². The maximum atomic E-state index is 12.2. The number of nitrogens with one attached hydrogen (secondary N) is 1. The molecule has 0 aliphatic heterocycles. The Morgan fingerprint density at radius 3 is 2.57 bits per heavy atom. The van der Waals surface area contributed by atoms with Gasteiger partial charge in [0.25, 0.3) is 0 Å². The van der Waals surface area contributed by atoms with Gasteiger partial charge in [0, 0.05) is 24.1 Å². The largest absolute Gasteiger partial charge is 0.469 e. The highest BCUT2D eigenvalue weighted by Gasteiger charge is 2.25. The Balaban J connectivity index is 0.00000264. The van der Waals surface area contributed by atoms with E-state index in [1.807, 2.05) is 24.3 Å². The molecule has 1 fully saturated rings. The summed E-state index contributed by atoms with van der Waals surface area (Å²) in [6, 6.07) is 7.72. The molecule has 1 amide bonds. The van der Waals surface area contributed by atoms with E-state index >= 15 is 0 Å². The smallest absolute Gasteiger partial charge is 0.305 e. The average molecular weight is 341 g/mol. The number of rotatable bonds is 5. The van der Waals surface area contributed by atoms with E-state index in [9.17, 15) is 9.59 Å². The van der Waals surface area contributed by atoms with Crippen molar-refractivity contribution < 1.29 is 14.3 Å². The van der Waals surface area contributed by atoms with Crippen LogP contribution in [0.1, 0.15) is 37.7 Å². The highest BCUT2D eigenvalue weighted by atomic mass is 35.5. The minimum absolute atomic E-state index is 0. The van der Waals surface area contributed by atoms with Gasteiger partial charge in [-0.15, -0.1) is 12.4 Å². The normalized spacial score (nSPS) is 20.3. The quantitative estimate of drug-likeness (QED) is 0.807. The van der Waals surface area contributed by atoms with Crippen molar-refractivity contribution in [1.29, 1.82) is 0 Å². The number of ether oxygens (including phenoxy) is 1. The molecule has 0 radical (unpaired) electrons. The van der Waals surface area contributed by atoms with E-state index in [1.54, 1.807) is 0 Å². The van der Waals surface area contributed by atoms with Crippen LogP contribution in [0.5, 0.6) is 0 Å². The fraction of sp³-hybridized carbons (Fsp3) is 0.529. The van der Waals surface area contributed by atoms with Gasteiger partial charge in [0.15, 0.2) is 0 Å². The molecule has 0 aromatic heterocycles. The molecule has 1 aliphatic rings. The van der Waals surface area contributed by atoms with Crippen molar-refractivity contribution in [3.63, 3.8) is 0 Å². The molecule has 1 aliphatic carbocycles. The van der Waals surface area contributed by atoms with Gasteiger partial charge in [-0.1, -0.05) is 18.6 Å². The van der Waals surface area contributed by atoms with Crippen LogP contribution in [-0.4, -0.2) is 25.0 Å². The number of anilines is 1. The molecular formula is C17H25ClN2O3. The molecule has 2 atom stereocenters.